The summed E-state index contributed by atoms with van der Waals surface area (Å²) in [5.41, 5.74) is 2.17. The lowest BCUT2D eigenvalue weighted by atomic mass is 9.49. The Kier molecular flexibility index (Phi) is 3.11. The maximum Gasteiger partial charge on any atom is 0.0599 e. The lowest BCUT2D eigenvalue weighted by Crippen LogP contribution is -2.49. The molecule has 3 saturated carbocycles. The first-order valence-electron chi connectivity index (χ1n) is 9.02. The molecule has 0 aromatic heterocycles. The van der Waals surface area contributed by atoms with Crippen molar-refractivity contribution in [1.29, 1.82) is 0 Å². The third kappa shape index (κ3) is 1.84. The third-order valence-corrected chi connectivity index (χ3v) is 7.95. The molecule has 118 valence electrons. The molecule has 0 saturated heterocycles. The van der Waals surface area contributed by atoms with Crippen molar-refractivity contribution in [1.82, 2.24) is 0 Å². The molecular formula is C19H30O2. The summed E-state index contributed by atoms with van der Waals surface area (Å²) >= 11 is 0. The molecule has 0 aliphatic heterocycles. The highest BCUT2D eigenvalue weighted by molar-refractivity contribution is 5.29. The van der Waals surface area contributed by atoms with E-state index in [1.165, 1.54) is 19.3 Å². The zero-order valence-electron chi connectivity index (χ0n) is 13.5. The lowest BCUT2D eigenvalue weighted by molar-refractivity contribution is -0.0262. The SMILES string of the molecule is CC12CCC(O)CC1CCC1C2=CCC2(C)C(O)CCC12. The Bertz CT molecular complexity index is 470. The van der Waals surface area contributed by atoms with Crippen molar-refractivity contribution in [3.05, 3.63) is 11.6 Å². The summed E-state index contributed by atoms with van der Waals surface area (Å²) in [7, 11) is 0. The van der Waals surface area contributed by atoms with E-state index in [9.17, 15) is 10.2 Å². The van der Waals surface area contributed by atoms with Crippen LogP contribution >= 0.6 is 0 Å². The van der Waals surface area contributed by atoms with Crippen molar-refractivity contribution >= 4 is 0 Å². The van der Waals surface area contributed by atoms with Crippen LogP contribution in [0.5, 0.6) is 0 Å². The highest BCUT2D eigenvalue weighted by Crippen LogP contribution is 2.64. The molecule has 0 aromatic carbocycles. The van der Waals surface area contributed by atoms with Gasteiger partial charge in [-0.25, -0.2) is 0 Å². The summed E-state index contributed by atoms with van der Waals surface area (Å²) in [6.07, 6.45) is 11.3. The zero-order valence-corrected chi connectivity index (χ0v) is 13.5. The van der Waals surface area contributed by atoms with E-state index < -0.39 is 0 Å². The van der Waals surface area contributed by atoms with Gasteiger partial charge in [0.1, 0.15) is 0 Å². The molecule has 4 aliphatic carbocycles. The standard InChI is InChI=1S/C19H30O2/c1-18-9-7-13(20)11-12(18)3-4-14-15-5-6-17(21)19(15,2)10-8-16(14)18/h8,12-15,17,20-21H,3-7,9-11H2,1-2H3. The van der Waals surface area contributed by atoms with Crippen molar-refractivity contribution in [3.63, 3.8) is 0 Å². The summed E-state index contributed by atoms with van der Waals surface area (Å²) in [4.78, 5) is 0. The molecule has 0 radical (unpaired) electrons. The van der Waals surface area contributed by atoms with E-state index in [-0.39, 0.29) is 17.6 Å². The Morgan fingerprint density at radius 3 is 2.67 bits per heavy atom. The first-order valence-corrected chi connectivity index (χ1v) is 9.02. The van der Waals surface area contributed by atoms with Gasteiger partial charge in [-0.1, -0.05) is 25.5 Å². The summed E-state index contributed by atoms with van der Waals surface area (Å²) < 4.78 is 0. The quantitative estimate of drug-likeness (QED) is 0.668. The van der Waals surface area contributed by atoms with Crippen LogP contribution in [-0.4, -0.2) is 22.4 Å². The Morgan fingerprint density at radius 1 is 1.05 bits per heavy atom. The van der Waals surface area contributed by atoms with Crippen molar-refractivity contribution in [2.45, 2.75) is 77.4 Å². The van der Waals surface area contributed by atoms with Crippen molar-refractivity contribution < 1.29 is 10.2 Å². The Hall–Kier alpha value is -0.340. The molecular weight excluding hydrogens is 260 g/mol. The first-order chi connectivity index (χ1) is 9.95. The average molecular weight is 290 g/mol. The maximum atomic E-state index is 10.4. The van der Waals surface area contributed by atoms with Crippen LogP contribution in [-0.2, 0) is 0 Å². The molecule has 21 heavy (non-hydrogen) atoms. The van der Waals surface area contributed by atoms with Gasteiger partial charge in [-0.15, -0.1) is 0 Å². The molecule has 0 aromatic rings. The molecule has 2 nitrogen and oxygen atoms in total. The number of hydrogen-bond acceptors (Lipinski definition) is 2. The van der Waals surface area contributed by atoms with Gasteiger partial charge < -0.3 is 10.2 Å². The smallest absolute Gasteiger partial charge is 0.0599 e. The second-order valence-electron chi connectivity index (χ2n) is 8.80. The van der Waals surface area contributed by atoms with E-state index in [1.54, 1.807) is 5.57 Å². The molecule has 4 rings (SSSR count). The Labute approximate surface area is 128 Å². The highest BCUT2D eigenvalue weighted by atomic mass is 16.3. The topological polar surface area (TPSA) is 40.5 Å². The van der Waals surface area contributed by atoms with Gasteiger partial charge in [-0.2, -0.15) is 0 Å². The van der Waals surface area contributed by atoms with Gasteiger partial charge in [-0.3, -0.25) is 0 Å². The maximum absolute atomic E-state index is 10.4. The summed E-state index contributed by atoms with van der Waals surface area (Å²) in [6, 6.07) is 0. The van der Waals surface area contributed by atoms with Crippen LogP contribution in [0.25, 0.3) is 0 Å². The minimum atomic E-state index is -0.0981. The van der Waals surface area contributed by atoms with Gasteiger partial charge in [0.25, 0.3) is 0 Å². The molecule has 0 bridgehead atoms. The molecule has 7 atom stereocenters. The summed E-state index contributed by atoms with van der Waals surface area (Å²) in [6.45, 7) is 4.79. The highest BCUT2D eigenvalue weighted by Gasteiger charge is 2.56. The van der Waals surface area contributed by atoms with Gasteiger partial charge >= 0.3 is 0 Å². The van der Waals surface area contributed by atoms with Crippen LogP contribution in [0, 0.1) is 28.6 Å². The van der Waals surface area contributed by atoms with E-state index in [0.717, 1.165) is 32.1 Å². The molecule has 3 fully saturated rings. The number of rotatable bonds is 0. The van der Waals surface area contributed by atoms with E-state index in [2.05, 4.69) is 19.9 Å². The van der Waals surface area contributed by atoms with Crippen LogP contribution in [0.15, 0.2) is 11.6 Å². The molecule has 0 amide bonds. The van der Waals surface area contributed by atoms with Crippen molar-refractivity contribution in [2.75, 3.05) is 0 Å². The molecule has 4 aliphatic rings. The lowest BCUT2D eigenvalue weighted by Gasteiger charge is -2.56. The van der Waals surface area contributed by atoms with Gasteiger partial charge in [0.2, 0.25) is 0 Å². The number of hydrogen-bond donors (Lipinski definition) is 2. The minimum Gasteiger partial charge on any atom is -0.393 e. The van der Waals surface area contributed by atoms with E-state index >= 15 is 0 Å². The first kappa shape index (κ1) is 14.3. The fourth-order valence-electron chi connectivity index (χ4n) is 6.48. The number of aliphatic hydroxyl groups excluding tert-OH is 2. The monoisotopic (exact) mass is 290 g/mol. The number of fused-ring (bicyclic) bond motifs is 5. The Morgan fingerprint density at radius 2 is 1.86 bits per heavy atom. The molecule has 0 spiro atoms. The summed E-state index contributed by atoms with van der Waals surface area (Å²) in [5.74, 6) is 2.08. The van der Waals surface area contributed by atoms with Crippen LogP contribution in [0.4, 0.5) is 0 Å². The summed E-state index contributed by atoms with van der Waals surface area (Å²) in [5, 5.41) is 20.5. The molecule has 7 unspecified atom stereocenters. The van der Waals surface area contributed by atoms with Crippen LogP contribution < -0.4 is 0 Å². The predicted molar refractivity (Wildman–Crippen MR) is 83.7 cm³/mol. The second kappa shape index (κ2) is 4.58. The number of allylic oxidation sites excluding steroid dienone is 2. The van der Waals surface area contributed by atoms with E-state index in [4.69, 9.17) is 0 Å². The van der Waals surface area contributed by atoms with Gasteiger partial charge in [0.05, 0.1) is 12.2 Å². The minimum absolute atomic E-state index is 0.0672. The largest absolute Gasteiger partial charge is 0.393 e. The normalized spacial score (nSPS) is 56.2. The number of aliphatic hydroxyl groups is 2. The molecule has 2 N–H and O–H groups in total. The van der Waals surface area contributed by atoms with Gasteiger partial charge in [0, 0.05) is 5.41 Å². The third-order valence-electron chi connectivity index (χ3n) is 7.95. The van der Waals surface area contributed by atoms with E-state index in [1.807, 2.05) is 0 Å². The van der Waals surface area contributed by atoms with Crippen molar-refractivity contribution in [2.24, 2.45) is 28.6 Å². The van der Waals surface area contributed by atoms with E-state index in [0.29, 0.717) is 23.2 Å². The molecule has 2 heteroatoms. The van der Waals surface area contributed by atoms with Crippen molar-refractivity contribution in [3.8, 4) is 0 Å². The Balaban J connectivity index is 1.69. The fraction of sp³-hybridized carbons (Fsp3) is 0.895. The molecule has 0 heterocycles. The van der Waals surface area contributed by atoms with Crippen LogP contribution in [0.3, 0.4) is 0 Å². The second-order valence-corrected chi connectivity index (χ2v) is 8.80. The van der Waals surface area contributed by atoms with Crippen LogP contribution in [0.1, 0.15) is 65.2 Å². The fourth-order valence-corrected chi connectivity index (χ4v) is 6.48. The predicted octanol–water partition coefficient (Wildman–Crippen LogP) is 3.67. The van der Waals surface area contributed by atoms with Gasteiger partial charge in [-0.05, 0) is 74.5 Å². The zero-order chi connectivity index (χ0) is 14.8. The average Bonchev–Trinajstić information content (AvgIpc) is 2.76. The van der Waals surface area contributed by atoms with Crippen LogP contribution in [0.2, 0.25) is 0 Å². The van der Waals surface area contributed by atoms with Gasteiger partial charge in [0.15, 0.2) is 0 Å².